The van der Waals surface area contributed by atoms with Gasteiger partial charge in [-0.1, -0.05) is 44.2 Å². The Morgan fingerprint density at radius 1 is 0.895 bits per heavy atom. The van der Waals surface area contributed by atoms with Crippen molar-refractivity contribution >= 4 is 35.6 Å². The van der Waals surface area contributed by atoms with Crippen LogP contribution in [0.15, 0.2) is 35.3 Å². The van der Waals surface area contributed by atoms with E-state index in [1.807, 2.05) is 0 Å². The number of aliphatic imine (C=N–C) groups is 1. The van der Waals surface area contributed by atoms with Crippen LogP contribution in [0.3, 0.4) is 0 Å². The molecule has 1 aromatic carbocycles. The number of hydrogen-bond acceptors (Lipinski definition) is 7. The summed E-state index contributed by atoms with van der Waals surface area (Å²) in [6.45, 7) is 3.53. The number of rotatable bonds is 16. The van der Waals surface area contributed by atoms with Gasteiger partial charge in [0, 0.05) is 13.0 Å². The fourth-order valence-electron chi connectivity index (χ4n) is 3.46. The van der Waals surface area contributed by atoms with E-state index in [2.05, 4.69) is 20.9 Å². The number of nitrogens with zero attached hydrogens (tertiary/aromatic N) is 1. The molecule has 0 heterocycles. The SMILES string of the molecule is CC(C)C(NC(=O)C(Cc1ccccc1)NC(=O)C(N)CC(N)=O)C(=O)NC(CCCN=C(N)N)C(=O)O. The average molecular weight is 535 g/mol. The van der Waals surface area contributed by atoms with E-state index < -0.39 is 66.1 Å². The largest absolute Gasteiger partial charge is 0.480 e. The van der Waals surface area contributed by atoms with Crippen LogP contribution in [0.1, 0.15) is 38.7 Å². The maximum absolute atomic E-state index is 13.2. The number of aliphatic carboxylic acids is 1. The summed E-state index contributed by atoms with van der Waals surface area (Å²) in [6, 6.07) is 4.05. The van der Waals surface area contributed by atoms with Gasteiger partial charge < -0.3 is 44.0 Å². The van der Waals surface area contributed by atoms with Crippen molar-refractivity contribution in [1.82, 2.24) is 16.0 Å². The molecule has 0 saturated heterocycles. The summed E-state index contributed by atoms with van der Waals surface area (Å²) >= 11 is 0. The van der Waals surface area contributed by atoms with Gasteiger partial charge >= 0.3 is 5.97 Å². The highest BCUT2D eigenvalue weighted by molar-refractivity contribution is 5.95. The first-order valence-corrected chi connectivity index (χ1v) is 12.1. The maximum atomic E-state index is 13.2. The molecule has 0 aliphatic carbocycles. The summed E-state index contributed by atoms with van der Waals surface area (Å²) < 4.78 is 0. The number of amides is 4. The van der Waals surface area contributed by atoms with E-state index in [9.17, 15) is 29.1 Å². The van der Waals surface area contributed by atoms with Crippen molar-refractivity contribution in [3.05, 3.63) is 35.9 Å². The quantitative estimate of drug-likeness (QED) is 0.0642. The number of hydrogen-bond donors (Lipinski definition) is 8. The van der Waals surface area contributed by atoms with Crippen molar-refractivity contribution in [2.75, 3.05) is 6.54 Å². The van der Waals surface area contributed by atoms with E-state index in [1.54, 1.807) is 44.2 Å². The Morgan fingerprint density at radius 3 is 2.03 bits per heavy atom. The normalized spacial score (nSPS) is 13.9. The summed E-state index contributed by atoms with van der Waals surface area (Å²) in [5.41, 5.74) is 22.1. The minimum absolute atomic E-state index is 0.0566. The Kier molecular flexibility index (Phi) is 13.2. The molecule has 0 saturated carbocycles. The second-order valence-corrected chi connectivity index (χ2v) is 9.11. The Bertz CT molecular complexity index is 997. The molecule has 38 heavy (non-hydrogen) atoms. The van der Waals surface area contributed by atoms with Crippen LogP contribution in [0.2, 0.25) is 0 Å². The van der Waals surface area contributed by atoms with E-state index >= 15 is 0 Å². The molecule has 0 fully saturated rings. The molecule has 0 spiro atoms. The molecule has 1 rings (SSSR count). The molecule has 14 heteroatoms. The van der Waals surface area contributed by atoms with E-state index in [1.165, 1.54) is 0 Å². The standard InChI is InChI=1S/C24H38N8O6/c1-13(2)19(22(36)30-16(23(37)38)9-6-10-29-24(27)28)32-21(35)17(11-14-7-4-3-5-8-14)31-20(34)15(25)12-18(26)33/h3-5,7-8,13,15-17,19H,6,9-12,25H2,1-2H3,(H2,26,33)(H,30,36)(H,31,34)(H,32,35)(H,37,38)(H4,27,28,29). The Balaban J connectivity index is 3.02. The number of carbonyl (C=O) groups excluding carboxylic acids is 4. The number of carbonyl (C=O) groups is 5. The Morgan fingerprint density at radius 2 is 1.50 bits per heavy atom. The van der Waals surface area contributed by atoms with Crippen LogP contribution >= 0.6 is 0 Å². The molecule has 0 aliphatic heterocycles. The third-order valence-corrected chi connectivity index (χ3v) is 5.48. The number of carboxylic acid groups (broad SMARTS) is 1. The molecule has 210 valence electrons. The predicted molar refractivity (Wildman–Crippen MR) is 140 cm³/mol. The number of nitrogens with one attached hydrogen (secondary N) is 3. The molecule has 4 unspecified atom stereocenters. The summed E-state index contributed by atoms with van der Waals surface area (Å²) in [4.78, 5) is 65.4. The van der Waals surface area contributed by atoms with Gasteiger partial charge in [0.2, 0.25) is 23.6 Å². The zero-order valence-electron chi connectivity index (χ0n) is 21.6. The van der Waals surface area contributed by atoms with Crippen LogP contribution < -0.4 is 38.9 Å². The van der Waals surface area contributed by atoms with Gasteiger partial charge in [0.1, 0.15) is 18.1 Å². The van der Waals surface area contributed by atoms with Gasteiger partial charge in [0.05, 0.1) is 12.5 Å². The molecule has 4 atom stereocenters. The monoisotopic (exact) mass is 534 g/mol. The van der Waals surface area contributed by atoms with Crippen LogP contribution in [0.4, 0.5) is 0 Å². The van der Waals surface area contributed by atoms with Crippen molar-refractivity contribution < 1.29 is 29.1 Å². The molecule has 0 radical (unpaired) electrons. The highest BCUT2D eigenvalue weighted by Gasteiger charge is 2.32. The number of nitrogens with two attached hydrogens (primary N) is 4. The number of benzene rings is 1. The highest BCUT2D eigenvalue weighted by Crippen LogP contribution is 2.09. The molecule has 0 aromatic heterocycles. The minimum atomic E-state index is -1.27. The summed E-state index contributed by atoms with van der Waals surface area (Å²) in [6.07, 6.45) is 0.00459. The van der Waals surface area contributed by atoms with Gasteiger partial charge in [-0.3, -0.25) is 24.2 Å². The fraction of sp³-hybridized carbons (Fsp3) is 0.500. The third-order valence-electron chi connectivity index (χ3n) is 5.48. The molecule has 1 aromatic rings. The van der Waals surface area contributed by atoms with Gasteiger partial charge in [-0.05, 0) is 24.3 Å². The first-order valence-electron chi connectivity index (χ1n) is 12.1. The summed E-state index contributed by atoms with van der Waals surface area (Å²) in [5.74, 6) is -4.76. The lowest BCUT2D eigenvalue weighted by Crippen LogP contribution is -2.59. The van der Waals surface area contributed by atoms with Gasteiger partial charge in [0.25, 0.3) is 0 Å². The molecule has 12 N–H and O–H groups in total. The fourth-order valence-corrected chi connectivity index (χ4v) is 3.46. The molecular weight excluding hydrogens is 496 g/mol. The number of primary amides is 1. The van der Waals surface area contributed by atoms with Crippen LogP contribution in [-0.2, 0) is 30.4 Å². The molecule has 4 amide bonds. The number of carboxylic acids is 1. The zero-order chi connectivity index (χ0) is 28.8. The average Bonchev–Trinajstić information content (AvgIpc) is 2.83. The molecule has 14 nitrogen and oxygen atoms in total. The van der Waals surface area contributed by atoms with Gasteiger partial charge in [-0.25, -0.2) is 4.79 Å². The topological polar surface area (TPSA) is 258 Å². The second kappa shape index (κ2) is 15.8. The van der Waals surface area contributed by atoms with Gasteiger partial charge in [-0.15, -0.1) is 0 Å². The summed E-state index contributed by atoms with van der Waals surface area (Å²) in [7, 11) is 0. The lowest BCUT2D eigenvalue weighted by molar-refractivity contribution is -0.142. The molecule has 0 aliphatic rings. The Labute approximate surface area is 221 Å². The Hall–Kier alpha value is -4.20. The van der Waals surface area contributed by atoms with Crippen LogP contribution in [0.5, 0.6) is 0 Å². The van der Waals surface area contributed by atoms with E-state index in [0.717, 1.165) is 0 Å². The zero-order valence-corrected chi connectivity index (χ0v) is 21.6. The van der Waals surface area contributed by atoms with Crippen LogP contribution in [-0.4, -0.2) is 71.4 Å². The van der Waals surface area contributed by atoms with Crippen molar-refractivity contribution in [2.24, 2.45) is 33.8 Å². The predicted octanol–water partition coefficient (Wildman–Crippen LogP) is -2.32. The van der Waals surface area contributed by atoms with E-state index in [-0.39, 0.29) is 25.3 Å². The van der Waals surface area contributed by atoms with Crippen LogP contribution in [0.25, 0.3) is 0 Å². The maximum Gasteiger partial charge on any atom is 0.326 e. The molecular formula is C24H38N8O6. The van der Waals surface area contributed by atoms with Gasteiger partial charge in [-0.2, -0.15) is 0 Å². The highest BCUT2D eigenvalue weighted by atomic mass is 16.4. The summed E-state index contributed by atoms with van der Waals surface area (Å²) in [5, 5.41) is 17.1. The van der Waals surface area contributed by atoms with Gasteiger partial charge in [0.15, 0.2) is 5.96 Å². The lowest BCUT2D eigenvalue weighted by Gasteiger charge is -2.27. The van der Waals surface area contributed by atoms with Crippen molar-refractivity contribution in [3.63, 3.8) is 0 Å². The van der Waals surface area contributed by atoms with Crippen molar-refractivity contribution in [1.29, 1.82) is 0 Å². The smallest absolute Gasteiger partial charge is 0.326 e. The van der Waals surface area contributed by atoms with E-state index in [4.69, 9.17) is 22.9 Å². The second-order valence-electron chi connectivity index (χ2n) is 9.11. The molecule has 0 bridgehead atoms. The van der Waals surface area contributed by atoms with E-state index in [0.29, 0.717) is 12.0 Å². The third kappa shape index (κ3) is 11.7. The van der Waals surface area contributed by atoms with Crippen LogP contribution in [0, 0.1) is 5.92 Å². The minimum Gasteiger partial charge on any atom is -0.480 e. The first kappa shape index (κ1) is 31.8. The first-order chi connectivity index (χ1) is 17.8. The van der Waals surface area contributed by atoms with Crippen molar-refractivity contribution in [3.8, 4) is 0 Å². The number of guanidine groups is 1. The lowest BCUT2D eigenvalue weighted by atomic mass is 10.00. The van der Waals surface area contributed by atoms with Crippen molar-refractivity contribution in [2.45, 2.75) is 63.7 Å².